The van der Waals surface area contributed by atoms with Gasteiger partial charge in [0, 0.05) is 6.42 Å². The molecule has 0 fully saturated rings. The summed E-state index contributed by atoms with van der Waals surface area (Å²) >= 11 is 0. The van der Waals surface area contributed by atoms with Gasteiger partial charge in [-0.25, -0.2) is 0 Å². The van der Waals surface area contributed by atoms with Crippen molar-refractivity contribution in [2.24, 2.45) is 0 Å². The lowest BCUT2D eigenvalue weighted by atomic mass is 10.1. The van der Waals surface area contributed by atoms with E-state index < -0.39 is 5.97 Å². The van der Waals surface area contributed by atoms with Crippen LogP contribution in [0.15, 0.2) is 12.2 Å². The first-order chi connectivity index (χ1) is 8.77. The summed E-state index contributed by atoms with van der Waals surface area (Å²) in [5.74, 6) is -0.662. The lowest BCUT2D eigenvalue weighted by Gasteiger charge is -2.00. The highest BCUT2D eigenvalue weighted by molar-refractivity contribution is 5.66. The number of carboxylic acids is 1. The third kappa shape index (κ3) is 15.2. The van der Waals surface area contributed by atoms with Crippen LogP contribution in [0.1, 0.15) is 84.0 Å². The molecule has 0 aromatic carbocycles. The second-order valence-corrected chi connectivity index (χ2v) is 5.02. The van der Waals surface area contributed by atoms with Gasteiger partial charge >= 0.3 is 5.97 Å². The van der Waals surface area contributed by atoms with E-state index in [2.05, 4.69) is 19.1 Å². The van der Waals surface area contributed by atoms with E-state index >= 15 is 0 Å². The maximum atomic E-state index is 10.3. The molecule has 2 heteroatoms. The molecule has 0 rings (SSSR count). The van der Waals surface area contributed by atoms with Crippen molar-refractivity contribution < 1.29 is 9.90 Å². The minimum absolute atomic E-state index is 0.336. The molecule has 0 atom stereocenters. The molecular weight excluding hydrogens is 224 g/mol. The Labute approximate surface area is 112 Å². The first-order valence-electron chi connectivity index (χ1n) is 7.64. The summed E-state index contributed by atoms with van der Waals surface area (Å²) in [4.78, 5) is 10.3. The van der Waals surface area contributed by atoms with Crippen molar-refractivity contribution in [2.45, 2.75) is 84.0 Å². The standard InChI is InChI=1S/C16H30O2/c1-2-3-4-5-6-7-8-9-10-11-12-13-14-15-16(17)18/h5-6H,2-4,7-15H2,1H3,(H,17,18). The maximum Gasteiger partial charge on any atom is 0.303 e. The van der Waals surface area contributed by atoms with Crippen LogP contribution in [0.2, 0.25) is 0 Å². The van der Waals surface area contributed by atoms with Crippen LogP contribution in [-0.4, -0.2) is 11.1 Å². The summed E-state index contributed by atoms with van der Waals surface area (Å²) in [6.45, 7) is 2.23. The van der Waals surface area contributed by atoms with Gasteiger partial charge in [-0.05, 0) is 25.7 Å². The monoisotopic (exact) mass is 254 g/mol. The van der Waals surface area contributed by atoms with Crippen LogP contribution < -0.4 is 0 Å². The van der Waals surface area contributed by atoms with Crippen LogP contribution in [0.4, 0.5) is 0 Å². The summed E-state index contributed by atoms with van der Waals surface area (Å²) in [6.07, 6.45) is 18.3. The van der Waals surface area contributed by atoms with Gasteiger partial charge in [-0.15, -0.1) is 0 Å². The molecule has 106 valence electrons. The van der Waals surface area contributed by atoms with E-state index in [0.717, 1.165) is 12.8 Å². The normalized spacial score (nSPS) is 11.2. The maximum absolute atomic E-state index is 10.3. The van der Waals surface area contributed by atoms with Crippen molar-refractivity contribution in [3.05, 3.63) is 12.2 Å². The SMILES string of the molecule is CCCCC=CCCCCCCCCCC(=O)O. The average molecular weight is 254 g/mol. The minimum atomic E-state index is -0.662. The second kappa shape index (κ2) is 14.3. The molecule has 0 heterocycles. The molecule has 0 aromatic rings. The van der Waals surface area contributed by atoms with Crippen LogP contribution in [-0.2, 0) is 4.79 Å². The van der Waals surface area contributed by atoms with E-state index in [1.54, 1.807) is 0 Å². The number of carbonyl (C=O) groups is 1. The molecule has 18 heavy (non-hydrogen) atoms. The Hall–Kier alpha value is -0.790. The van der Waals surface area contributed by atoms with E-state index in [4.69, 9.17) is 5.11 Å². The molecule has 0 aliphatic rings. The fourth-order valence-corrected chi connectivity index (χ4v) is 1.98. The fourth-order valence-electron chi connectivity index (χ4n) is 1.98. The number of unbranched alkanes of at least 4 members (excludes halogenated alkanes) is 9. The Morgan fingerprint density at radius 1 is 0.833 bits per heavy atom. The van der Waals surface area contributed by atoms with E-state index in [9.17, 15) is 4.79 Å². The molecule has 0 aliphatic heterocycles. The smallest absolute Gasteiger partial charge is 0.303 e. The zero-order valence-electron chi connectivity index (χ0n) is 12.0. The summed E-state index contributed by atoms with van der Waals surface area (Å²) in [5.41, 5.74) is 0. The molecule has 0 amide bonds. The molecule has 0 unspecified atom stereocenters. The van der Waals surface area contributed by atoms with Gasteiger partial charge in [0.2, 0.25) is 0 Å². The summed E-state index contributed by atoms with van der Waals surface area (Å²) in [5, 5.41) is 8.48. The quantitative estimate of drug-likeness (QED) is 0.356. The summed E-state index contributed by atoms with van der Waals surface area (Å²) < 4.78 is 0. The molecule has 0 saturated carbocycles. The number of allylic oxidation sites excluding steroid dienone is 2. The molecule has 0 radical (unpaired) electrons. The number of aliphatic carboxylic acids is 1. The van der Waals surface area contributed by atoms with Crippen molar-refractivity contribution in [3.63, 3.8) is 0 Å². The first kappa shape index (κ1) is 17.2. The van der Waals surface area contributed by atoms with Gasteiger partial charge in [0.25, 0.3) is 0 Å². The lowest BCUT2D eigenvalue weighted by molar-refractivity contribution is -0.137. The van der Waals surface area contributed by atoms with Gasteiger partial charge in [-0.1, -0.05) is 64.0 Å². The summed E-state index contributed by atoms with van der Waals surface area (Å²) in [7, 11) is 0. The number of hydrogen-bond donors (Lipinski definition) is 1. The van der Waals surface area contributed by atoms with E-state index in [-0.39, 0.29) is 0 Å². The van der Waals surface area contributed by atoms with Crippen molar-refractivity contribution in [1.82, 2.24) is 0 Å². The van der Waals surface area contributed by atoms with Gasteiger partial charge in [-0.3, -0.25) is 4.79 Å². The van der Waals surface area contributed by atoms with E-state index in [1.807, 2.05) is 0 Å². The molecule has 0 spiro atoms. The zero-order valence-corrected chi connectivity index (χ0v) is 12.0. The Kier molecular flexibility index (Phi) is 13.6. The van der Waals surface area contributed by atoms with Gasteiger partial charge in [0.05, 0.1) is 0 Å². The molecule has 0 bridgehead atoms. The number of carboxylic acid groups (broad SMARTS) is 1. The largest absolute Gasteiger partial charge is 0.481 e. The van der Waals surface area contributed by atoms with E-state index in [1.165, 1.54) is 57.8 Å². The van der Waals surface area contributed by atoms with Crippen molar-refractivity contribution in [3.8, 4) is 0 Å². The van der Waals surface area contributed by atoms with E-state index in [0.29, 0.717) is 6.42 Å². The highest BCUT2D eigenvalue weighted by Crippen LogP contribution is 2.10. The van der Waals surface area contributed by atoms with Crippen LogP contribution in [0.5, 0.6) is 0 Å². The first-order valence-corrected chi connectivity index (χ1v) is 7.64. The van der Waals surface area contributed by atoms with Gasteiger partial charge in [0.15, 0.2) is 0 Å². The molecule has 0 aliphatic carbocycles. The van der Waals surface area contributed by atoms with Crippen LogP contribution in [0.3, 0.4) is 0 Å². The topological polar surface area (TPSA) is 37.3 Å². The molecule has 1 N–H and O–H groups in total. The summed E-state index contributed by atoms with van der Waals surface area (Å²) in [6, 6.07) is 0. The predicted octanol–water partition coefficient (Wildman–Crippen LogP) is 5.33. The van der Waals surface area contributed by atoms with Crippen molar-refractivity contribution in [1.29, 1.82) is 0 Å². The third-order valence-electron chi connectivity index (χ3n) is 3.15. The van der Waals surface area contributed by atoms with Gasteiger partial charge in [0.1, 0.15) is 0 Å². The predicted molar refractivity (Wildman–Crippen MR) is 77.9 cm³/mol. The highest BCUT2D eigenvalue weighted by Gasteiger charge is 1.96. The Morgan fingerprint density at radius 2 is 1.33 bits per heavy atom. The third-order valence-corrected chi connectivity index (χ3v) is 3.15. The minimum Gasteiger partial charge on any atom is -0.481 e. The average Bonchev–Trinajstić information content (AvgIpc) is 2.34. The zero-order chi connectivity index (χ0) is 13.5. The van der Waals surface area contributed by atoms with Crippen molar-refractivity contribution in [2.75, 3.05) is 0 Å². The number of rotatable bonds is 13. The molecule has 0 saturated heterocycles. The Bertz CT molecular complexity index is 209. The number of hydrogen-bond acceptors (Lipinski definition) is 1. The highest BCUT2D eigenvalue weighted by atomic mass is 16.4. The lowest BCUT2D eigenvalue weighted by Crippen LogP contribution is -1.93. The fraction of sp³-hybridized carbons (Fsp3) is 0.812. The van der Waals surface area contributed by atoms with Gasteiger partial charge < -0.3 is 5.11 Å². The Morgan fingerprint density at radius 3 is 1.89 bits per heavy atom. The molecule has 0 aromatic heterocycles. The molecular formula is C16H30O2. The van der Waals surface area contributed by atoms with Crippen LogP contribution >= 0.6 is 0 Å². The van der Waals surface area contributed by atoms with Crippen LogP contribution in [0, 0.1) is 0 Å². The van der Waals surface area contributed by atoms with Crippen molar-refractivity contribution >= 4 is 5.97 Å². The van der Waals surface area contributed by atoms with Crippen LogP contribution in [0.25, 0.3) is 0 Å². The van der Waals surface area contributed by atoms with Gasteiger partial charge in [-0.2, -0.15) is 0 Å². The molecule has 2 nitrogen and oxygen atoms in total. The Balaban J connectivity index is 3.03. The second-order valence-electron chi connectivity index (χ2n) is 5.02.